The fourth-order valence-corrected chi connectivity index (χ4v) is 4.74. The van der Waals surface area contributed by atoms with Crippen molar-refractivity contribution in [1.29, 1.82) is 0 Å². The van der Waals surface area contributed by atoms with Gasteiger partial charge in [-0.15, -0.1) is 12.6 Å². The molecule has 32 heavy (non-hydrogen) atoms. The highest BCUT2D eigenvalue weighted by Crippen LogP contribution is 2.30. The molecule has 164 valence electrons. The molecule has 2 aromatic heterocycles. The monoisotopic (exact) mass is 444 g/mol. The molecule has 0 spiro atoms. The van der Waals surface area contributed by atoms with E-state index >= 15 is 0 Å². The summed E-state index contributed by atoms with van der Waals surface area (Å²) in [5.74, 6) is 0.636. The normalized spacial score (nSPS) is 16.8. The summed E-state index contributed by atoms with van der Waals surface area (Å²) in [7, 11) is 0. The van der Waals surface area contributed by atoms with Gasteiger partial charge in [0.2, 0.25) is 5.95 Å². The van der Waals surface area contributed by atoms with Crippen LogP contribution in [0.5, 0.6) is 0 Å². The van der Waals surface area contributed by atoms with E-state index in [2.05, 4.69) is 56.4 Å². The number of thiol groups is 1. The van der Waals surface area contributed by atoms with E-state index in [0.717, 1.165) is 66.6 Å². The molecule has 0 saturated carbocycles. The van der Waals surface area contributed by atoms with Crippen LogP contribution in [0.4, 0.5) is 11.6 Å². The molecule has 2 aliphatic rings. The molecule has 5 rings (SSSR count). The first kappa shape index (κ1) is 21.0. The molecule has 1 aromatic carbocycles. The molecule has 0 bridgehead atoms. The van der Waals surface area contributed by atoms with Gasteiger partial charge in [0.15, 0.2) is 0 Å². The molecule has 1 fully saturated rings. The second kappa shape index (κ2) is 8.92. The van der Waals surface area contributed by atoms with Gasteiger partial charge in [0.25, 0.3) is 0 Å². The predicted molar refractivity (Wildman–Crippen MR) is 131 cm³/mol. The van der Waals surface area contributed by atoms with Crippen molar-refractivity contribution in [3.05, 3.63) is 77.9 Å². The van der Waals surface area contributed by atoms with E-state index in [1.807, 2.05) is 37.5 Å². The number of benzene rings is 1. The van der Waals surface area contributed by atoms with Crippen LogP contribution in [0.15, 0.2) is 60.4 Å². The van der Waals surface area contributed by atoms with Crippen molar-refractivity contribution in [2.75, 3.05) is 18.4 Å². The standard InChI is InChI=1S/C25H28N6S/c1-17-11-21(14-26-12-17)28-25-27-13-20-15-31(16-24(20)29-25)22-7-9-30(10-8-22)18(2)19-3-5-23(32)6-4-19/h3-6,11-14,22,32H,2,7-10,15-16H2,1H3,(H,27,28,29). The minimum absolute atomic E-state index is 0.561. The zero-order chi connectivity index (χ0) is 22.1. The molecule has 4 heterocycles. The Kier molecular flexibility index (Phi) is 5.85. The number of aromatic nitrogens is 3. The summed E-state index contributed by atoms with van der Waals surface area (Å²) >= 11 is 4.38. The summed E-state index contributed by atoms with van der Waals surface area (Å²) in [4.78, 5) is 19.5. The molecule has 3 aromatic rings. The van der Waals surface area contributed by atoms with Gasteiger partial charge in [-0.25, -0.2) is 9.97 Å². The molecule has 0 aliphatic carbocycles. The summed E-state index contributed by atoms with van der Waals surface area (Å²) in [6, 6.07) is 10.9. The predicted octanol–water partition coefficient (Wildman–Crippen LogP) is 4.66. The van der Waals surface area contributed by atoms with Crippen molar-refractivity contribution in [3.8, 4) is 0 Å². The van der Waals surface area contributed by atoms with E-state index in [1.165, 1.54) is 11.1 Å². The van der Waals surface area contributed by atoms with E-state index in [-0.39, 0.29) is 0 Å². The molecule has 2 aliphatic heterocycles. The molecular formula is C25H28N6S. The molecule has 0 unspecified atom stereocenters. The molecule has 7 heteroatoms. The van der Waals surface area contributed by atoms with Gasteiger partial charge in [0.05, 0.1) is 17.6 Å². The second-order valence-corrected chi connectivity index (χ2v) is 9.17. The number of nitrogens with zero attached hydrogens (tertiary/aromatic N) is 5. The Labute approximate surface area is 194 Å². The van der Waals surface area contributed by atoms with E-state index in [0.29, 0.717) is 12.0 Å². The van der Waals surface area contributed by atoms with Crippen molar-refractivity contribution < 1.29 is 0 Å². The summed E-state index contributed by atoms with van der Waals surface area (Å²) < 4.78 is 0. The number of aryl methyl sites for hydroxylation is 1. The topological polar surface area (TPSA) is 57.2 Å². The van der Waals surface area contributed by atoms with Gasteiger partial charge < -0.3 is 10.2 Å². The average molecular weight is 445 g/mol. The maximum Gasteiger partial charge on any atom is 0.227 e. The Hall–Kier alpha value is -2.90. The molecule has 1 N–H and O–H groups in total. The summed E-state index contributed by atoms with van der Waals surface area (Å²) in [6.45, 7) is 10.2. The third-order valence-corrected chi connectivity index (χ3v) is 6.67. The molecule has 0 atom stereocenters. The Morgan fingerprint density at radius 3 is 2.62 bits per heavy atom. The summed E-state index contributed by atoms with van der Waals surface area (Å²) in [5, 5.41) is 3.28. The lowest BCUT2D eigenvalue weighted by atomic mass is 10.0. The smallest absolute Gasteiger partial charge is 0.227 e. The third-order valence-electron chi connectivity index (χ3n) is 6.37. The second-order valence-electron chi connectivity index (χ2n) is 8.66. The molecule has 0 amide bonds. The van der Waals surface area contributed by atoms with Gasteiger partial charge >= 0.3 is 0 Å². The average Bonchev–Trinajstić information content (AvgIpc) is 3.23. The quantitative estimate of drug-likeness (QED) is 0.558. The Bertz CT molecular complexity index is 1120. The highest BCUT2D eigenvalue weighted by molar-refractivity contribution is 7.80. The van der Waals surface area contributed by atoms with Crippen molar-refractivity contribution >= 4 is 30.0 Å². The first-order chi connectivity index (χ1) is 15.5. The maximum absolute atomic E-state index is 4.79. The van der Waals surface area contributed by atoms with Gasteiger partial charge in [0.1, 0.15) is 0 Å². The number of rotatable bonds is 5. The molecular weight excluding hydrogens is 416 g/mol. The van der Waals surface area contributed by atoms with Crippen LogP contribution in [-0.2, 0) is 13.1 Å². The first-order valence-corrected chi connectivity index (χ1v) is 11.5. The highest BCUT2D eigenvalue weighted by atomic mass is 32.1. The number of piperidine rings is 1. The van der Waals surface area contributed by atoms with E-state index in [9.17, 15) is 0 Å². The van der Waals surface area contributed by atoms with Crippen LogP contribution in [0.2, 0.25) is 0 Å². The number of hydrogen-bond acceptors (Lipinski definition) is 7. The van der Waals surface area contributed by atoms with Gasteiger partial charge in [0, 0.05) is 60.8 Å². The van der Waals surface area contributed by atoms with Crippen LogP contribution in [0.25, 0.3) is 5.70 Å². The lowest BCUT2D eigenvalue weighted by Crippen LogP contribution is -2.42. The fraction of sp³-hybridized carbons (Fsp3) is 0.320. The number of pyridine rings is 1. The maximum atomic E-state index is 4.79. The van der Waals surface area contributed by atoms with Crippen LogP contribution in [0, 0.1) is 6.92 Å². The lowest BCUT2D eigenvalue weighted by Gasteiger charge is -2.38. The fourth-order valence-electron chi connectivity index (χ4n) is 4.59. The summed E-state index contributed by atoms with van der Waals surface area (Å²) in [6.07, 6.45) is 7.86. The largest absolute Gasteiger partial charge is 0.371 e. The highest BCUT2D eigenvalue weighted by Gasteiger charge is 2.30. The SMILES string of the molecule is C=C(c1ccc(S)cc1)N1CCC(N2Cc3cnc(Nc4cncc(C)c4)nc3C2)CC1. The molecule has 1 saturated heterocycles. The number of fused-ring (bicyclic) bond motifs is 1. The van der Waals surface area contributed by atoms with Crippen LogP contribution in [-0.4, -0.2) is 43.9 Å². The number of anilines is 2. The van der Waals surface area contributed by atoms with Gasteiger partial charge in [-0.3, -0.25) is 9.88 Å². The van der Waals surface area contributed by atoms with Crippen LogP contribution in [0.3, 0.4) is 0 Å². The van der Waals surface area contributed by atoms with Gasteiger partial charge in [-0.1, -0.05) is 18.7 Å². The van der Waals surface area contributed by atoms with Crippen molar-refractivity contribution in [2.45, 2.75) is 43.8 Å². The Morgan fingerprint density at radius 1 is 1.09 bits per heavy atom. The molecule has 0 radical (unpaired) electrons. The Balaban J connectivity index is 1.18. The van der Waals surface area contributed by atoms with Gasteiger partial charge in [-0.05, 0) is 49.1 Å². The van der Waals surface area contributed by atoms with E-state index in [1.54, 1.807) is 6.20 Å². The van der Waals surface area contributed by atoms with Crippen LogP contribution in [0.1, 0.15) is 35.2 Å². The number of hydrogen-bond donors (Lipinski definition) is 2. The van der Waals surface area contributed by atoms with Crippen molar-refractivity contribution in [1.82, 2.24) is 24.8 Å². The summed E-state index contributed by atoms with van der Waals surface area (Å²) in [5.41, 5.74) is 6.66. The van der Waals surface area contributed by atoms with Crippen LogP contribution < -0.4 is 5.32 Å². The Morgan fingerprint density at radius 2 is 1.88 bits per heavy atom. The van der Waals surface area contributed by atoms with Crippen molar-refractivity contribution in [3.63, 3.8) is 0 Å². The van der Waals surface area contributed by atoms with Crippen molar-refractivity contribution in [2.24, 2.45) is 0 Å². The zero-order valence-electron chi connectivity index (χ0n) is 18.3. The minimum Gasteiger partial charge on any atom is -0.371 e. The number of nitrogens with one attached hydrogen (secondary N) is 1. The van der Waals surface area contributed by atoms with E-state index in [4.69, 9.17) is 4.98 Å². The first-order valence-electron chi connectivity index (χ1n) is 11.1. The lowest BCUT2D eigenvalue weighted by molar-refractivity contribution is 0.131. The zero-order valence-corrected chi connectivity index (χ0v) is 19.2. The minimum atomic E-state index is 0.561. The van der Waals surface area contributed by atoms with Gasteiger partial charge in [-0.2, -0.15) is 0 Å². The number of likely N-dealkylation sites (tertiary alicyclic amines) is 1. The van der Waals surface area contributed by atoms with Crippen LogP contribution >= 0.6 is 12.6 Å². The van der Waals surface area contributed by atoms with E-state index < -0.39 is 0 Å². The molecule has 6 nitrogen and oxygen atoms in total. The third kappa shape index (κ3) is 4.49.